The van der Waals surface area contributed by atoms with E-state index in [1.54, 1.807) is 7.11 Å². The van der Waals surface area contributed by atoms with Crippen LogP contribution < -0.4 is 10.1 Å². The first-order chi connectivity index (χ1) is 9.70. The Kier molecular flexibility index (Phi) is 7.86. The standard InChI is InChI=1S/C15H21ClN2O2.ClH/c1-20-14-6-5-13(16)10-12(14)11-17-7-3-9-18-8-2-4-15(18)19;/h5-6,10,17H,2-4,7-9,11H2,1H3;1H. The first-order valence-electron chi connectivity index (χ1n) is 7.01. The van der Waals surface area contributed by atoms with Crippen molar-refractivity contribution in [3.63, 3.8) is 0 Å². The summed E-state index contributed by atoms with van der Waals surface area (Å²) in [6.07, 6.45) is 2.69. The molecule has 1 aromatic carbocycles. The maximum absolute atomic E-state index is 11.5. The molecule has 6 heteroatoms. The molecule has 0 aliphatic carbocycles. The minimum Gasteiger partial charge on any atom is -0.496 e. The molecule has 0 aromatic heterocycles. The van der Waals surface area contributed by atoms with E-state index in [0.717, 1.165) is 50.3 Å². The molecular formula is C15H22Cl2N2O2. The van der Waals surface area contributed by atoms with Crippen LogP contribution in [0.15, 0.2) is 18.2 Å². The Morgan fingerprint density at radius 1 is 1.43 bits per heavy atom. The molecule has 0 saturated carbocycles. The molecule has 1 heterocycles. The van der Waals surface area contributed by atoms with E-state index in [4.69, 9.17) is 16.3 Å². The molecule has 1 aliphatic rings. The van der Waals surface area contributed by atoms with Gasteiger partial charge in [-0.1, -0.05) is 11.6 Å². The number of nitrogens with zero attached hydrogens (tertiary/aromatic N) is 1. The fourth-order valence-electron chi connectivity index (χ4n) is 2.44. The van der Waals surface area contributed by atoms with Gasteiger partial charge in [-0.25, -0.2) is 0 Å². The molecule has 1 aromatic rings. The Hall–Kier alpha value is -0.970. The number of carbonyl (C=O) groups excluding carboxylic acids is 1. The molecular weight excluding hydrogens is 311 g/mol. The van der Waals surface area contributed by atoms with Crippen LogP contribution in [-0.4, -0.2) is 37.6 Å². The molecule has 0 unspecified atom stereocenters. The topological polar surface area (TPSA) is 41.6 Å². The number of benzene rings is 1. The number of ether oxygens (including phenoxy) is 1. The van der Waals surface area contributed by atoms with E-state index in [1.807, 2.05) is 23.1 Å². The third-order valence-corrected chi connectivity index (χ3v) is 3.75. The Balaban J connectivity index is 0.00000220. The van der Waals surface area contributed by atoms with Gasteiger partial charge in [0, 0.05) is 36.6 Å². The molecule has 1 fully saturated rings. The highest BCUT2D eigenvalue weighted by molar-refractivity contribution is 6.30. The number of carbonyl (C=O) groups is 1. The SMILES string of the molecule is COc1ccc(Cl)cc1CNCCCN1CCCC1=O.Cl. The number of hydrogen-bond acceptors (Lipinski definition) is 3. The van der Waals surface area contributed by atoms with Gasteiger partial charge in [-0.15, -0.1) is 12.4 Å². The third kappa shape index (κ3) is 5.38. The van der Waals surface area contributed by atoms with Crippen LogP contribution in [0.1, 0.15) is 24.8 Å². The van der Waals surface area contributed by atoms with Crippen LogP contribution >= 0.6 is 24.0 Å². The number of hydrogen-bond donors (Lipinski definition) is 1. The fourth-order valence-corrected chi connectivity index (χ4v) is 2.64. The molecule has 118 valence electrons. The third-order valence-electron chi connectivity index (χ3n) is 3.51. The largest absolute Gasteiger partial charge is 0.496 e. The number of methoxy groups -OCH3 is 1. The van der Waals surface area contributed by atoms with Gasteiger partial charge in [0.1, 0.15) is 5.75 Å². The lowest BCUT2D eigenvalue weighted by molar-refractivity contribution is -0.127. The molecule has 21 heavy (non-hydrogen) atoms. The van der Waals surface area contributed by atoms with E-state index < -0.39 is 0 Å². The predicted octanol–water partition coefficient (Wildman–Crippen LogP) is 2.87. The van der Waals surface area contributed by atoms with Crippen LogP contribution in [0.3, 0.4) is 0 Å². The quantitative estimate of drug-likeness (QED) is 0.780. The van der Waals surface area contributed by atoms with Crippen molar-refractivity contribution in [3.05, 3.63) is 28.8 Å². The van der Waals surface area contributed by atoms with E-state index in [2.05, 4.69) is 5.32 Å². The highest BCUT2D eigenvalue weighted by atomic mass is 35.5. The molecule has 1 saturated heterocycles. The number of rotatable bonds is 7. The first kappa shape index (κ1) is 18.1. The van der Waals surface area contributed by atoms with Crippen molar-refractivity contribution in [3.8, 4) is 5.75 Å². The Bertz CT molecular complexity index is 469. The molecule has 0 bridgehead atoms. The number of nitrogens with one attached hydrogen (secondary N) is 1. The summed E-state index contributed by atoms with van der Waals surface area (Å²) in [6, 6.07) is 5.61. The lowest BCUT2D eigenvalue weighted by Gasteiger charge is -2.15. The zero-order chi connectivity index (χ0) is 14.4. The molecule has 0 spiro atoms. The van der Waals surface area contributed by atoms with E-state index >= 15 is 0 Å². The van der Waals surface area contributed by atoms with Crippen molar-refractivity contribution in [1.29, 1.82) is 0 Å². The summed E-state index contributed by atoms with van der Waals surface area (Å²) >= 11 is 5.99. The van der Waals surface area contributed by atoms with Crippen LogP contribution in [0.4, 0.5) is 0 Å². The van der Waals surface area contributed by atoms with Crippen LogP contribution in [-0.2, 0) is 11.3 Å². The summed E-state index contributed by atoms with van der Waals surface area (Å²) < 4.78 is 5.30. The molecule has 0 radical (unpaired) electrons. The fraction of sp³-hybridized carbons (Fsp3) is 0.533. The van der Waals surface area contributed by atoms with Crippen LogP contribution in [0, 0.1) is 0 Å². The van der Waals surface area contributed by atoms with Gasteiger partial charge in [-0.2, -0.15) is 0 Å². The van der Waals surface area contributed by atoms with Gasteiger partial charge in [-0.05, 0) is 37.6 Å². The van der Waals surface area contributed by atoms with Crippen molar-refractivity contribution in [2.45, 2.75) is 25.8 Å². The normalized spacial score (nSPS) is 14.2. The molecule has 2 rings (SSSR count). The maximum atomic E-state index is 11.5. The summed E-state index contributed by atoms with van der Waals surface area (Å²) in [5, 5.41) is 4.08. The predicted molar refractivity (Wildman–Crippen MR) is 87.4 cm³/mol. The molecule has 4 nitrogen and oxygen atoms in total. The van der Waals surface area contributed by atoms with Crippen LogP contribution in [0.5, 0.6) is 5.75 Å². The summed E-state index contributed by atoms with van der Waals surface area (Å²) in [6.45, 7) is 3.36. The molecule has 1 aliphatic heterocycles. The Morgan fingerprint density at radius 3 is 2.90 bits per heavy atom. The minimum absolute atomic E-state index is 0. The minimum atomic E-state index is 0. The first-order valence-corrected chi connectivity index (χ1v) is 7.39. The van der Waals surface area contributed by atoms with E-state index in [9.17, 15) is 4.79 Å². The van der Waals surface area contributed by atoms with Gasteiger partial charge in [0.05, 0.1) is 7.11 Å². The van der Waals surface area contributed by atoms with E-state index in [1.165, 1.54) is 0 Å². The zero-order valence-electron chi connectivity index (χ0n) is 12.2. The Labute approximate surface area is 137 Å². The van der Waals surface area contributed by atoms with Gasteiger partial charge in [-0.3, -0.25) is 4.79 Å². The summed E-state index contributed by atoms with van der Waals surface area (Å²) in [4.78, 5) is 13.4. The number of likely N-dealkylation sites (tertiary alicyclic amines) is 1. The zero-order valence-corrected chi connectivity index (χ0v) is 13.8. The lowest BCUT2D eigenvalue weighted by Crippen LogP contribution is -2.28. The lowest BCUT2D eigenvalue weighted by atomic mass is 10.2. The molecule has 1 amide bonds. The smallest absolute Gasteiger partial charge is 0.222 e. The van der Waals surface area contributed by atoms with Crippen molar-refractivity contribution < 1.29 is 9.53 Å². The van der Waals surface area contributed by atoms with Crippen molar-refractivity contribution in [2.24, 2.45) is 0 Å². The number of amides is 1. The second-order valence-corrected chi connectivity index (χ2v) is 5.41. The van der Waals surface area contributed by atoms with Crippen molar-refractivity contribution in [2.75, 3.05) is 26.7 Å². The Morgan fingerprint density at radius 2 is 2.24 bits per heavy atom. The van der Waals surface area contributed by atoms with E-state index in [-0.39, 0.29) is 12.4 Å². The average Bonchev–Trinajstić information content (AvgIpc) is 2.84. The van der Waals surface area contributed by atoms with E-state index in [0.29, 0.717) is 17.4 Å². The van der Waals surface area contributed by atoms with Gasteiger partial charge in [0.25, 0.3) is 0 Å². The van der Waals surface area contributed by atoms with Gasteiger partial charge in [0.2, 0.25) is 5.91 Å². The average molecular weight is 333 g/mol. The highest BCUT2D eigenvalue weighted by Gasteiger charge is 2.18. The molecule has 1 N–H and O–H groups in total. The second-order valence-electron chi connectivity index (χ2n) is 4.97. The van der Waals surface area contributed by atoms with Gasteiger partial charge in [0.15, 0.2) is 0 Å². The van der Waals surface area contributed by atoms with Crippen molar-refractivity contribution in [1.82, 2.24) is 10.2 Å². The second kappa shape index (κ2) is 9.13. The maximum Gasteiger partial charge on any atom is 0.222 e. The monoisotopic (exact) mass is 332 g/mol. The number of halogens is 2. The summed E-state index contributed by atoms with van der Waals surface area (Å²) in [5.74, 6) is 1.14. The van der Waals surface area contributed by atoms with Gasteiger partial charge >= 0.3 is 0 Å². The van der Waals surface area contributed by atoms with Crippen LogP contribution in [0.25, 0.3) is 0 Å². The molecule has 0 atom stereocenters. The van der Waals surface area contributed by atoms with Crippen molar-refractivity contribution >= 4 is 29.9 Å². The highest BCUT2D eigenvalue weighted by Crippen LogP contribution is 2.22. The summed E-state index contributed by atoms with van der Waals surface area (Å²) in [7, 11) is 1.66. The van der Waals surface area contributed by atoms with Gasteiger partial charge < -0.3 is 15.0 Å². The van der Waals surface area contributed by atoms with Crippen LogP contribution in [0.2, 0.25) is 5.02 Å². The summed E-state index contributed by atoms with van der Waals surface area (Å²) in [5.41, 5.74) is 1.05.